The largest absolute Gasteiger partial charge is 0.478 e. The van der Waals surface area contributed by atoms with Crippen LogP contribution >= 0.6 is 58.0 Å². The van der Waals surface area contributed by atoms with E-state index in [0.717, 1.165) is 6.07 Å². The first-order valence-corrected chi connectivity index (χ1v) is 6.92. The molecule has 22 heavy (non-hydrogen) atoms. The third kappa shape index (κ3) is 5.51. The topological polar surface area (TPSA) is 106 Å². The normalized spacial score (nSPS) is 9.68. The Bertz CT molecular complexity index is 666. The van der Waals surface area contributed by atoms with Crippen LogP contribution in [-0.4, -0.2) is 36.7 Å². The van der Waals surface area contributed by atoms with Crippen LogP contribution in [0.5, 0.6) is 0 Å². The van der Waals surface area contributed by atoms with Gasteiger partial charge in [0.2, 0.25) is 0 Å². The quantitative estimate of drug-likeness (QED) is 0.762. The smallest absolute Gasteiger partial charge is 0.339 e. The van der Waals surface area contributed by atoms with Crippen molar-refractivity contribution in [3.63, 3.8) is 0 Å². The summed E-state index contributed by atoms with van der Waals surface area (Å²) in [6.45, 7) is 0. The summed E-state index contributed by atoms with van der Waals surface area (Å²) in [7, 11) is 0. The summed E-state index contributed by atoms with van der Waals surface area (Å²) in [5, 5.41) is 21.1. The maximum atomic E-state index is 10.6. The Balaban J connectivity index is 0.000000220. The fourth-order valence-corrected chi connectivity index (χ4v) is 1.83. The first-order chi connectivity index (χ1) is 10.2. The average molecular weight is 404 g/mol. The van der Waals surface area contributed by atoms with Crippen LogP contribution in [-0.2, 0) is 0 Å². The van der Waals surface area contributed by atoms with E-state index in [4.69, 9.17) is 63.1 Å². The minimum atomic E-state index is -1.17. The van der Waals surface area contributed by atoms with Crippen molar-refractivity contribution in [1.82, 2.24) is 20.4 Å². The van der Waals surface area contributed by atoms with Crippen molar-refractivity contribution in [2.24, 2.45) is 0 Å². The van der Waals surface area contributed by atoms with Crippen molar-refractivity contribution < 1.29 is 14.7 Å². The lowest BCUT2D eigenvalue weighted by Gasteiger charge is -1.94. The van der Waals surface area contributed by atoms with Gasteiger partial charge in [0, 0.05) is 0 Å². The summed E-state index contributed by atoms with van der Waals surface area (Å²) in [5.41, 5.74) is -0.0833. The molecule has 0 spiro atoms. The van der Waals surface area contributed by atoms with Crippen LogP contribution < -0.4 is 0 Å². The molecule has 116 valence electrons. The van der Waals surface area contributed by atoms with Gasteiger partial charge in [-0.1, -0.05) is 46.4 Å². The Labute approximate surface area is 148 Å². The van der Waals surface area contributed by atoms with Gasteiger partial charge in [0.15, 0.2) is 20.6 Å². The molecule has 0 aliphatic carbocycles. The van der Waals surface area contributed by atoms with Gasteiger partial charge in [0.05, 0.1) is 5.56 Å². The Kier molecular flexibility index (Phi) is 7.18. The maximum absolute atomic E-state index is 10.6. The number of aromatic carboxylic acids is 1. The van der Waals surface area contributed by atoms with Gasteiger partial charge >= 0.3 is 5.97 Å². The van der Waals surface area contributed by atoms with Gasteiger partial charge < -0.3 is 5.11 Å². The van der Waals surface area contributed by atoms with E-state index in [1.165, 1.54) is 6.07 Å². The predicted octanol–water partition coefficient (Wildman–Crippen LogP) is 3.64. The molecule has 0 saturated heterocycles. The van der Waals surface area contributed by atoms with Gasteiger partial charge in [-0.25, -0.2) is 4.79 Å². The summed E-state index contributed by atoms with van der Waals surface area (Å²) in [4.78, 5) is 20.9. The van der Waals surface area contributed by atoms with Crippen LogP contribution in [0.1, 0.15) is 20.7 Å². The predicted molar refractivity (Wildman–Crippen MR) is 81.2 cm³/mol. The van der Waals surface area contributed by atoms with Gasteiger partial charge in [-0.15, -0.1) is 20.4 Å². The van der Waals surface area contributed by atoms with Gasteiger partial charge in [-0.05, 0) is 23.7 Å². The third-order valence-corrected chi connectivity index (χ3v) is 3.01. The van der Waals surface area contributed by atoms with Crippen LogP contribution in [0.3, 0.4) is 0 Å². The molecular formula is C10H3Cl5N4O3. The Morgan fingerprint density at radius 1 is 0.818 bits per heavy atom. The van der Waals surface area contributed by atoms with Gasteiger partial charge in [-0.2, -0.15) is 0 Å². The van der Waals surface area contributed by atoms with Crippen molar-refractivity contribution in [2.75, 3.05) is 0 Å². The monoisotopic (exact) mass is 402 g/mol. The molecule has 0 radical (unpaired) electrons. The highest BCUT2D eigenvalue weighted by Crippen LogP contribution is 2.17. The Morgan fingerprint density at radius 3 is 1.55 bits per heavy atom. The molecule has 0 unspecified atom stereocenters. The molecule has 0 amide bonds. The van der Waals surface area contributed by atoms with Crippen LogP contribution in [0.15, 0.2) is 12.1 Å². The van der Waals surface area contributed by atoms with Crippen molar-refractivity contribution >= 4 is 69.2 Å². The summed E-state index contributed by atoms with van der Waals surface area (Å²) < 4.78 is 0. The minimum absolute atomic E-state index is 0.00630. The molecule has 0 fully saturated rings. The number of carbonyl (C=O) groups excluding carboxylic acids is 1. The molecule has 0 aliphatic rings. The second-order valence-electron chi connectivity index (χ2n) is 3.32. The second kappa shape index (κ2) is 8.40. The van der Waals surface area contributed by atoms with Crippen molar-refractivity contribution in [3.05, 3.63) is 43.9 Å². The van der Waals surface area contributed by atoms with Gasteiger partial charge in [-0.3, -0.25) is 4.79 Å². The number of hydrogen-bond acceptors (Lipinski definition) is 6. The Hall–Kier alpha value is -1.25. The average Bonchev–Trinajstić information content (AvgIpc) is 2.44. The van der Waals surface area contributed by atoms with Crippen LogP contribution in [0.4, 0.5) is 0 Å². The van der Waals surface area contributed by atoms with E-state index in [2.05, 4.69) is 20.4 Å². The molecule has 2 aromatic rings. The number of carboxylic acid groups (broad SMARTS) is 1. The molecular weight excluding hydrogens is 401 g/mol. The number of nitrogens with zero attached hydrogens (tertiary/aromatic N) is 4. The fourth-order valence-electron chi connectivity index (χ4n) is 0.994. The van der Waals surface area contributed by atoms with E-state index < -0.39 is 11.2 Å². The summed E-state index contributed by atoms with van der Waals surface area (Å²) in [6, 6.07) is 2.39. The van der Waals surface area contributed by atoms with Gasteiger partial charge in [0.25, 0.3) is 5.24 Å². The van der Waals surface area contributed by atoms with E-state index in [1.807, 2.05) is 0 Å². The molecule has 0 saturated carbocycles. The highest BCUT2D eigenvalue weighted by molar-refractivity contribution is 6.68. The third-order valence-electron chi connectivity index (χ3n) is 1.88. The van der Waals surface area contributed by atoms with E-state index in [1.54, 1.807) is 0 Å². The lowest BCUT2D eigenvalue weighted by molar-refractivity contribution is 0.0696. The lowest BCUT2D eigenvalue weighted by atomic mass is 10.3. The van der Waals surface area contributed by atoms with Crippen molar-refractivity contribution in [1.29, 1.82) is 0 Å². The zero-order valence-electron chi connectivity index (χ0n) is 10.1. The van der Waals surface area contributed by atoms with Crippen molar-refractivity contribution in [3.8, 4) is 0 Å². The van der Waals surface area contributed by atoms with E-state index in [0.29, 0.717) is 0 Å². The highest BCUT2D eigenvalue weighted by atomic mass is 35.5. The number of halogens is 5. The zero-order chi connectivity index (χ0) is 16.9. The first kappa shape index (κ1) is 18.8. The standard InChI is InChI=1S/C5HCl3N2O.C5H2Cl2N2O2/c6-3-1-2(5(8)11)4(7)10-9-3;6-3-1-2(5(10)11)4(7)9-8-3/h1H;1H,(H,10,11). The molecule has 7 nitrogen and oxygen atoms in total. The lowest BCUT2D eigenvalue weighted by Crippen LogP contribution is -2.00. The SMILES string of the molecule is O=C(Cl)c1cc(Cl)nnc1Cl.O=C(O)c1cc(Cl)nnc1Cl. The number of rotatable bonds is 2. The molecule has 1 N–H and O–H groups in total. The zero-order valence-corrected chi connectivity index (χ0v) is 13.9. The number of aromatic nitrogens is 4. The fraction of sp³-hybridized carbons (Fsp3) is 0. The van der Waals surface area contributed by atoms with Crippen LogP contribution in [0, 0.1) is 0 Å². The van der Waals surface area contributed by atoms with Crippen LogP contribution in [0.25, 0.3) is 0 Å². The number of carboxylic acids is 1. The number of hydrogen-bond donors (Lipinski definition) is 1. The second-order valence-corrected chi connectivity index (χ2v) is 5.16. The summed E-state index contributed by atoms with van der Waals surface area (Å²) >= 11 is 26.7. The molecule has 0 atom stereocenters. The Morgan fingerprint density at radius 2 is 1.23 bits per heavy atom. The maximum Gasteiger partial charge on any atom is 0.339 e. The molecule has 12 heteroatoms. The van der Waals surface area contributed by atoms with Crippen LogP contribution in [0.2, 0.25) is 20.6 Å². The molecule has 0 aliphatic heterocycles. The molecule has 0 bridgehead atoms. The highest BCUT2D eigenvalue weighted by Gasteiger charge is 2.11. The molecule has 0 aromatic carbocycles. The molecule has 2 aromatic heterocycles. The number of carbonyl (C=O) groups is 2. The molecule has 2 rings (SSSR count). The summed E-state index contributed by atoms with van der Waals surface area (Å²) in [6.07, 6.45) is 0. The molecule has 2 heterocycles. The van der Waals surface area contributed by atoms with E-state index in [-0.39, 0.29) is 31.7 Å². The van der Waals surface area contributed by atoms with E-state index in [9.17, 15) is 9.59 Å². The first-order valence-electron chi connectivity index (χ1n) is 5.03. The summed E-state index contributed by atoms with van der Waals surface area (Å²) in [5.74, 6) is -1.17. The van der Waals surface area contributed by atoms with Gasteiger partial charge in [0.1, 0.15) is 5.56 Å². The minimum Gasteiger partial charge on any atom is -0.478 e. The van der Waals surface area contributed by atoms with E-state index >= 15 is 0 Å². The van der Waals surface area contributed by atoms with Crippen molar-refractivity contribution in [2.45, 2.75) is 0 Å².